The smallest absolute Gasteiger partial charge is 0.132 e. The van der Waals surface area contributed by atoms with Crippen LogP contribution in [0.4, 0.5) is 0 Å². The Labute approximate surface area is 91.9 Å². The highest BCUT2D eigenvalue weighted by molar-refractivity contribution is 5.22. The molecule has 15 heavy (non-hydrogen) atoms. The molecular weight excluding hydrogens is 188 g/mol. The fourth-order valence-electron chi connectivity index (χ4n) is 1.32. The van der Waals surface area contributed by atoms with Crippen molar-refractivity contribution in [1.29, 1.82) is 0 Å². The monoisotopic (exact) mass is 208 g/mol. The molecule has 84 valence electrons. The number of ether oxygens (including phenoxy) is 1. The first kappa shape index (κ1) is 12.1. The van der Waals surface area contributed by atoms with Gasteiger partial charge in [-0.05, 0) is 39.3 Å². The molecule has 0 heterocycles. The van der Waals surface area contributed by atoms with Crippen LogP contribution in [0.25, 0.3) is 0 Å². The summed E-state index contributed by atoms with van der Waals surface area (Å²) in [5.41, 5.74) is -1.42. The third-order valence-corrected chi connectivity index (χ3v) is 3.10. The van der Waals surface area contributed by atoms with Gasteiger partial charge in [-0.2, -0.15) is 0 Å². The molecule has 0 spiro atoms. The van der Waals surface area contributed by atoms with Crippen molar-refractivity contribution in [2.24, 2.45) is 0 Å². The van der Waals surface area contributed by atoms with E-state index >= 15 is 0 Å². The average molecular weight is 208 g/mol. The Hall–Kier alpha value is -1.02. The Kier molecular flexibility index (Phi) is 3.40. The largest absolute Gasteiger partial charge is 0.485 e. The van der Waals surface area contributed by atoms with Crippen molar-refractivity contribution in [3.63, 3.8) is 0 Å². The molecule has 1 aromatic carbocycles. The van der Waals surface area contributed by atoms with E-state index in [1.54, 1.807) is 6.92 Å². The SMILES string of the molecule is CCC(C)(O)C(C)(C)Oc1ccccc1. The van der Waals surface area contributed by atoms with Gasteiger partial charge in [-0.25, -0.2) is 0 Å². The minimum absolute atomic E-state index is 0.594. The van der Waals surface area contributed by atoms with Gasteiger partial charge in [0.15, 0.2) is 0 Å². The van der Waals surface area contributed by atoms with Crippen LogP contribution in [0, 0.1) is 0 Å². The predicted octanol–water partition coefficient (Wildman–Crippen LogP) is 3.01. The summed E-state index contributed by atoms with van der Waals surface area (Å²) in [6.45, 7) is 7.57. The van der Waals surface area contributed by atoms with Crippen LogP contribution in [0.3, 0.4) is 0 Å². The van der Waals surface area contributed by atoms with Crippen LogP contribution in [0.15, 0.2) is 30.3 Å². The summed E-state index contributed by atoms with van der Waals surface area (Å²) < 4.78 is 5.81. The van der Waals surface area contributed by atoms with E-state index in [1.165, 1.54) is 0 Å². The van der Waals surface area contributed by atoms with Gasteiger partial charge in [0.1, 0.15) is 17.0 Å². The fourth-order valence-corrected chi connectivity index (χ4v) is 1.32. The highest BCUT2D eigenvalue weighted by Gasteiger charge is 2.39. The molecule has 1 N–H and O–H groups in total. The predicted molar refractivity (Wildman–Crippen MR) is 62.1 cm³/mol. The van der Waals surface area contributed by atoms with Crippen LogP contribution in [-0.2, 0) is 0 Å². The van der Waals surface area contributed by atoms with Gasteiger partial charge in [0.05, 0.1) is 0 Å². The summed E-state index contributed by atoms with van der Waals surface area (Å²) in [7, 11) is 0. The Morgan fingerprint density at radius 2 is 1.67 bits per heavy atom. The second-order valence-electron chi connectivity index (χ2n) is 4.55. The first-order chi connectivity index (χ1) is 6.89. The van der Waals surface area contributed by atoms with Gasteiger partial charge in [0.25, 0.3) is 0 Å². The van der Waals surface area contributed by atoms with Gasteiger partial charge in [-0.15, -0.1) is 0 Å². The normalized spacial score (nSPS) is 15.8. The summed E-state index contributed by atoms with van der Waals surface area (Å²) in [5.74, 6) is 0.788. The number of benzene rings is 1. The van der Waals surface area contributed by atoms with E-state index in [4.69, 9.17) is 4.74 Å². The molecule has 0 radical (unpaired) electrons. The molecule has 2 heteroatoms. The van der Waals surface area contributed by atoms with E-state index in [9.17, 15) is 5.11 Å². The molecule has 0 aliphatic carbocycles. The zero-order chi connectivity index (χ0) is 11.5. The second-order valence-corrected chi connectivity index (χ2v) is 4.55. The highest BCUT2D eigenvalue weighted by Crippen LogP contribution is 2.30. The molecule has 0 saturated heterocycles. The van der Waals surface area contributed by atoms with E-state index < -0.39 is 11.2 Å². The Bertz CT molecular complexity index is 302. The molecule has 0 saturated carbocycles. The quantitative estimate of drug-likeness (QED) is 0.824. The third kappa shape index (κ3) is 2.72. The van der Waals surface area contributed by atoms with Gasteiger partial charge in [0, 0.05) is 0 Å². The van der Waals surface area contributed by atoms with Crippen molar-refractivity contribution < 1.29 is 9.84 Å². The summed E-state index contributed by atoms with van der Waals surface area (Å²) >= 11 is 0. The van der Waals surface area contributed by atoms with Crippen LogP contribution in [0.2, 0.25) is 0 Å². The molecule has 0 amide bonds. The van der Waals surface area contributed by atoms with Crippen molar-refractivity contribution in [2.75, 3.05) is 0 Å². The summed E-state index contributed by atoms with van der Waals surface area (Å²) in [6, 6.07) is 9.58. The van der Waals surface area contributed by atoms with E-state index in [2.05, 4.69) is 0 Å². The minimum Gasteiger partial charge on any atom is -0.485 e. The zero-order valence-electron chi connectivity index (χ0n) is 9.95. The minimum atomic E-state index is -0.831. The Balaban J connectivity index is 2.81. The van der Waals surface area contributed by atoms with Gasteiger partial charge < -0.3 is 9.84 Å². The first-order valence-electron chi connectivity index (χ1n) is 5.35. The number of para-hydroxylation sites is 1. The lowest BCUT2D eigenvalue weighted by molar-refractivity contribution is -0.105. The lowest BCUT2D eigenvalue weighted by Crippen LogP contribution is -2.51. The van der Waals surface area contributed by atoms with Gasteiger partial charge in [-0.3, -0.25) is 0 Å². The van der Waals surface area contributed by atoms with E-state index in [0.29, 0.717) is 6.42 Å². The summed E-state index contributed by atoms with van der Waals surface area (Å²) in [4.78, 5) is 0. The Morgan fingerprint density at radius 3 is 2.13 bits per heavy atom. The number of hydrogen-bond donors (Lipinski definition) is 1. The summed E-state index contributed by atoms with van der Waals surface area (Å²) in [6.07, 6.45) is 0.660. The van der Waals surface area contributed by atoms with Crippen molar-refractivity contribution in [1.82, 2.24) is 0 Å². The number of hydrogen-bond acceptors (Lipinski definition) is 2. The van der Waals surface area contributed by atoms with Crippen molar-refractivity contribution in [3.8, 4) is 5.75 Å². The molecule has 1 rings (SSSR count). The average Bonchev–Trinajstić information content (AvgIpc) is 2.18. The van der Waals surface area contributed by atoms with Crippen LogP contribution in [0.1, 0.15) is 34.1 Å². The van der Waals surface area contributed by atoms with Crippen LogP contribution >= 0.6 is 0 Å². The maximum atomic E-state index is 10.2. The molecule has 1 aromatic rings. The Morgan fingerprint density at radius 1 is 1.13 bits per heavy atom. The molecule has 0 bridgehead atoms. The fraction of sp³-hybridized carbons (Fsp3) is 0.538. The lowest BCUT2D eigenvalue weighted by Gasteiger charge is -2.39. The van der Waals surface area contributed by atoms with Gasteiger partial charge in [-0.1, -0.05) is 25.1 Å². The van der Waals surface area contributed by atoms with Crippen molar-refractivity contribution in [3.05, 3.63) is 30.3 Å². The van der Waals surface area contributed by atoms with E-state index in [1.807, 2.05) is 51.1 Å². The summed E-state index contributed by atoms with van der Waals surface area (Å²) in [5, 5.41) is 10.2. The first-order valence-corrected chi connectivity index (χ1v) is 5.35. The van der Waals surface area contributed by atoms with Gasteiger partial charge >= 0.3 is 0 Å². The van der Waals surface area contributed by atoms with Crippen molar-refractivity contribution in [2.45, 2.75) is 45.3 Å². The maximum absolute atomic E-state index is 10.2. The maximum Gasteiger partial charge on any atom is 0.132 e. The molecule has 0 aliphatic rings. The standard InChI is InChI=1S/C13H20O2/c1-5-13(4,14)12(2,3)15-11-9-7-6-8-10-11/h6-10,14H,5H2,1-4H3. The third-order valence-electron chi connectivity index (χ3n) is 3.10. The lowest BCUT2D eigenvalue weighted by atomic mass is 9.85. The number of aliphatic hydroxyl groups is 1. The molecule has 0 aliphatic heterocycles. The molecule has 1 atom stereocenters. The van der Waals surface area contributed by atoms with Crippen LogP contribution in [-0.4, -0.2) is 16.3 Å². The topological polar surface area (TPSA) is 29.5 Å². The molecule has 2 nitrogen and oxygen atoms in total. The molecule has 0 aromatic heterocycles. The molecule has 1 unspecified atom stereocenters. The van der Waals surface area contributed by atoms with E-state index in [-0.39, 0.29) is 0 Å². The molecular formula is C13H20O2. The van der Waals surface area contributed by atoms with Crippen molar-refractivity contribution >= 4 is 0 Å². The van der Waals surface area contributed by atoms with E-state index in [0.717, 1.165) is 5.75 Å². The van der Waals surface area contributed by atoms with Gasteiger partial charge in [0.2, 0.25) is 0 Å². The second kappa shape index (κ2) is 4.23. The zero-order valence-corrected chi connectivity index (χ0v) is 9.95. The number of rotatable bonds is 4. The molecule has 0 fully saturated rings. The highest BCUT2D eigenvalue weighted by atomic mass is 16.5. The van der Waals surface area contributed by atoms with Crippen LogP contribution in [0.5, 0.6) is 5.75 Å². The van der Waals surface area contributed by atoms with Crippen LogP contribution < -0.4 is 4.74 Å².